The Balaban J connectivity index is 2.31. The summed E-state index contributed by atoms with van der Waals surface area (Å²) >= 11 is 1.24. The van der Waals surface area contributed by atoms with Crippen molar-refractivity contribution in [3.05, 3.63) is 95.1 Å². The minimum Gasteiger partial charge on any atom is -0.185 e. The minimum absolute atomic E-state index is 0.455. The molecule has 0 heterocycles. The summed E-state index contributed by atoms with van der Waals surface area (Å²) in [7, 11) is 0. The Labute approximate surface area is 186 Å². The standard InChI is InChI=1S/C28H29NS/c1-5-9-11-25(10-6-2)26-17-14-22(15-18-26)12-13-23-16-19-28(30-21-29)27(20-23)24(7-3)8-4/h5-6,9-11,14-20,24H,7-8H2,1-4H3/b9-5?,10-6-,25-11+. The monoisotopic (exact) mass is 411 g/mol. The number of thiocyanates is 1. The summed E-state index contributed by atoms with van der Waals surface area (Å²) in [5, 5.41) is 11.3. The van der Waals surface area contributed by atoms with Crippen LogP contribution >= 0.6 is 11.8 Å². The quantitative estimate of drug-likeness (QED) is 0.199. The van der Waals surface area contributed by atoms with Crippen LogP contribution in [0, 0.1) is 22.5 Å². The highest BCUT2D eigenvalue weighted by Crippen LogP contribution is 2.32. The Morgan fingerprint density at radius 2 is 1.63 bits per heavy atom. The third-order valence-corrected chi connectivity index (χ3v) is 5.66. The summed E-state index contributed by atoms with van der Waals surface area (Å²) in [6, 6.07) is 14.6. The fourth-order valence-electron chi connectivity index (χ4n) is 3.33. The minimum atomic E-state index is 0.455. The Hall–Kier alpha value is -2.94. The van der Waals surface area contributed by atoms with Crippen molar-refractivity contribution < 1.29 is 0 Å². The molecule has 2 rings (SSSR count). The van der Waals surface area contributed by atoms with E-state index in [0.717, 1.165) is 28.9 Å². The normalized spacial score (nSPS) is 11.7. The van der Waals surface area contributed by atoms with Gasteiger partial charge < -0.3 is 0 Å². The van der Waals surface area contributed by atoms with Gasteiger partial charge in [-0.05, 0) is 91.4 Å². The van der Waals surface area contributed by atoms with Crippen LogP contribution in [0.2, 0.25) is 0 Å². The molecule has 0 saturated carbocycles. The molecule has 0 aliphatic carbocycles. The third-order valence-electron chi connectivity index (χ3n) is 4.97. The van der Waals surface area contributed by atoms with Crippen LogP contribution in [0.15, 0.2) is 77.7 Å². The summed E-state index contributed by atoms with van der Waals surface area (Å²) < 4.78 is 0. The molecule has 0 bridgehead atoms. The van der Waals surface area contributed by atoms with Crippen molar-refractivity contribution in [1.82, 2.24) is 0 Å². The molecule has 0 radical (unpaired) electrons. The molecule has 30 heavy (non-hydrogen) atoms. The van der Waals surface area contributed by atoms with Crippen LogP contribution in [0.1, 0.15) is 68.7 Å². The average Bonchev–Trinajstić information content (AvgIpc) is 2.78. The molecule has 152 valence electrons. The Morgan fingerprint density at radius 3 is 2.23 bits per heavy atom. The molecule has 0 spiro atoms. The SMILES string of the molecule is CC=C/C=C(\C=C/C)c1ccc(C#Cc2ccc(SC#N)c(C(CC)CC)c2)cc1. The van der Waals surface area contributed by atoms with Crippen molar-refractivity contribution in [2.45, 2.75) is 51.3 Å². The van der Waals surface area contributed by atoms with Crippen molar-refractivity contribution in [2.75, 3.05) is 0 Å². The van der Waals surface area contributed by atoms with Crippen LogP contribution in [-0.2, 0) is 0 Å². The zero-order valence-corrected chi connectivity index (χ0v) is 19.1. The number of thioether (sulfide) groups is 1. The maximum atomic E-state index is 9.11. The molecular formula is C28H29NS. The molecule has 0 unspecified atom stereocenters. The summed E-state index contributed by atoms with van der Waals surface area (Å²) in [6.07, 6.45) is 12.5. The Bertz CT molecular complexity index is 1020. The first kappa shape index (κ1) is 23.3. The van der Waals surface area contributed by atoms with E-state index in [0.29, 0.717) is 5.92 Å². The molecular weight excluding hydrogens is 382 g/mol. The van der Waals surface area contributed by atoms with Gasteiger partial charge in [0.25, 0.3) is 0 Å². The van der Waals surface area contributed by atoms with Gasteiger partial charge in [-0.3, -0.25) is 0 Å². The van der Waals surface area contributed by atoms with Crippen LogP contribution in [-0.4, -0.2) is 0 Å². The second kappa shape index (κ2) is 12.6. The third kappa shape index (κ3) is 6.55. The van der Waals surface area contributed by atoms with E-state index in [1.807, 2.05) is 32.1 Å². The molecule has 0 atom stereocenters. The first-order valence-electron chi connectivity index (χ1n) is 10.4. The van der Waals surface area contributed by atoms with E-state index >= 15 is 0 Å². The van der Waals surface area contributed by atoms with Gasteiger partial charge in [0.05, 0.1) is 0 Å². The lowest BCUT2D eigenvalue weighted by molar-refractivity contribution is 0.631. The predicted octanol–water partition coefficient (Wildman–Crippen LogP) is 8.10. The van der Waals surface area contributed by atoms with Gasteiger partial charge in [-0.1, -0.05) is 68.2 Å². The Morgan fingerprint density at radius 1 is 0.967 bits per heavy atom. The lowest BCUT2D eigenvalue weighted by Gasteiger charge is -2.16. The van der Waals surface area contributed by atoms with E-state index in [9.17, 15) is 0 Å². The van der Waals surface area contributed by atoms with Crippen LogP contribution in [0.5, 0.6) is 0 Å². The molecule has 0 saturated heterocycles. The first-order chi connectivity index (χ1) is 14.7. The zero-order chi connectivity index (χ0) is 21.8. The summed E-state index contributed by atoms with van der Waals surface area (Å²) in [6.45, 7) is 8.44. The number of nitriles is 1. The topological polar surface area (TPSA) is 23.8 Å². The van der Waals surface area contributed by atoms with Gasteiger partial charge in [0, 0.05) is 16.0 Å². The smallest absolute Gasteiger partial charge is 0.138 e. The molecule has 2 aromatic rings. The van der Waals surface area contributed by atoms with Crippen LogP contribution in [0.25, 0.3) is 5.57 Å². The van der Waals surface area contributed by atoms with E-state index in [1.54, 1.807) is 0 Å². The summed E-state index contributed by atoms with van der Waals surface area (Å²) in [5.74, 6) is 7.04. The van der Waals surface area contributed by atoms with Crippen molar-refractivity contribution in [2.24, 2.45) is 0 Å². The van der Waals surface area contributed by atoms with Gasteiger partial charge in [0.1, 0.15) is 5.40 Å². The van der Waals surface area contributed by atoms with E-state index in [1.165, 1.54) is 28.5 Å². The van der Waals surface area contributed by atoms with Crippen molar-refractivity contribution in [3.8, 4) is 17.2 Å². The number of rotatable bonds is 7. The van der Waals surface area contributed by atoms with Crippen molar-refractivity contribution >= 4 is 17.3 Å². The maximum absolute atomic E-state index is 9.11. The van der Waals surface area contributed by atoms with E-state index in [2.05, 4.69) is 85.7 Å². The fraction of sp³-hybridized carbons (Fsp3) is 0.250. The lowest BCUT2D eigenvalue weighted by atomic mass is 9.92. The molecule has 0 N–H and O–H groups in total. The van der Waals surface area contributed by atoms with Gasteiger partial charge in [-0.2, -0.15) is 5.26 Å². The number of hydrogen-bond acceptors (Lipinski definition) is 2. The van der Waals surface area contributed by atoms with Crippen molar-refractivity contribution in [1.29, 1.82) is 5.26 Å². The highest BCUT2D eigenvalue weighted by Gasteiger charge is 2.13. The van der Waals surface area contributed by atoms with Crippen LogP contribution < -0.4 is 0 Å². The van der Waals surface area contributed by atoms with Crippen LogP contribution in [0.3, 0.4) is 0 Å². The fourth-order valence-corrected chi connectivity index (χ4v) is 3.91. The molecule has 1 nitrogen and oxygen atoms in total. The van der Waals surface area contributed by atoms with Gasteiger partial charge in [0.15, 0.2) is 0 Å². The number of benzene rings is 2. The van der Waals surface area contributed by atoms with Gasteiger partial charge >= 0.3 is 0 Å². The average molecular weight is 412 g/mol. The Kier molecular flexibility index (Phi) is 9.79. The maximum Gasteiger partial charge on any atom is 0.138 e. The van der Waals surface area contributed by atoms with E-state index in [4.69, 9.17) is 5.26 Å². The highest BCUT2D eigenvalue weighted by atomic mass is 32.2. The molecule has 0 aromatic heterocycles. The van der Waals surface area contributed by atoms with Gasteiger partial charge in [-0.25, -0.2) is 0 Å². The molecule has 0 aliphatic heterocycles. The van der Waals surface area contributed by atoms with Gasteiger partial charge in [0.2, 0.25) is 0 Å². The summed E-state index contributed by atoms with van der Waals surface area (Å²) in [5.41, 5.74) is 5.56. The largest absolute Gasteiger partial charge is 0.185 e. The predicted molar refractivity (Wildman–Crippen MR) is 131 cm³/mol. The molecule has 2 aromatic carbocycles. The number of hydrogen-bond donors (Lipinski definition) is 0. The second-order valence-electron chi connectivity index (χ2n) is 6.93. The van der Waals surface area contributed by atoms with Gasteiger partial charge in [-0.15, -0.1) is 0 Å². The molecule has 0 aliphatic rings. The second-order valence-corrected chi connectivity index (χ2v) is 7.76. The molecule has 0 amide bonds. The highest BCUT2D eigenvalue weighted by molar-refractivity contribution is 8.03. The number of allylic oxidation sites excluding steroid dienone is 6. The zero-order valence-electron chi connectivity index (χ0n) is 18.3. The summed E-state index contributed by atoms with van der Waals surface area (Å²) in [4.78, 5) is 1.05. The molecule has 0 fully saturated rings. The van der Waals surface area contributed by atoms with Crippen molar-refractivity contribution in [3.63, 3.8) is 0 Å². The van der Waals surface area contributed by atoms with E-state index < -0.39 is 0 Å². The van der Waals surface area contributed by atoms with Crippen LogP contribution in [0.4, 0.5) is 0 Å². The lowest BCUT2D eigenvalue weighted by Crippen LogP contribution is -1.98. The number of nitrogens with zero attached hydrogens (tertiary/aromatic N) is 1. The van der Waals surface area contributed by atoms with E-state index in [-0.39, 0.29) is 0 Å². The first-order valence-corrected chi connectivity index (χ1v) is 11.3. The molecule has 2 heteroatoms.